The molecule has 1 radical (unpaired) electrons. The van der Waals surface area contributed by atoms with Gasteiger partial charge in [0.1, 0.15) is 11.6 Å². The predicted molar refractivity (Wildman–Crippen MR) is 70.9 cm³/mol. The van der Waals surface area contributed by atoms with Crippen molar-refractivity contribution in [2.45, 2.75) is 24.9 Å². The lowest BCUT2D eigenvalue weighted by Gasteiger charge is -2.23. The van der Waals surface area contributed by atoms with Crippen molar-refractivity contribution >= 4 is 30.8 Å². The largest absolute Gasteiger partial charge is 0.493 e. The molecule has 93 valence electrons. The highest BCUT2D eigenvalue weighted by Crippen LogP contribution is 2.28. The molecule has 0 atom stereocenters. The van der Waals surface area contributed by atoms with E-state index in [-0.39, 0.29) is 5.02 Å². The van der Waals surface area contributed by atoms with Crippen molar-refractivity contribution < 1.29 is 9.13 Å². The van der Waals surface area contributed by atoms with E-state index >= 15 is 0 Å². The van der Waals surface area contributed by atoms with E-state index in [2.05, 4.69) is 0 Å². The fourth-order valence-corrected chi connectivity index (χ4v) is 4.40. The summed E-state index contributed by atoms with van der Waals surface area (Å²) in [5.41, 5.74) is 0. The second-order valence-electron chi connectivity index (χ2n) is 4.35. The molecule has 1 aliphatic rings. The topological polar surface area (TPSA) is 9.23 Å². The molecule has 0 aliphatic carbocycles. The minimum Gasteiger partial charge on any atom is -0.493 e. The summed E-state index contributed by atoms with van der Waals surface area (Å²) in [6, 6.07) is 6.85. The minimum atomic E-state index is -0.580. The summed E-state index contributed by atoms with van der Waals surface area (Å²) in [5.74, 6) is 0.675. The highest BCUT2D eigenvalue weighted by molar-refractivity contribution is 7.07. The molecule has 1 aromatic rings. The van der Waals surface area contributed by atoms with Crippen LogP contribution in [0.1, 0.15) is 12.8 Å². The summed E-state index contributed by atoms with van der Waals surface area (Å²) in [4.78, 5) is 0. The summed E-state index contributed by atoms with van der Waals surface area (Å²) < 4.78 is 18.8. The lowest BCUT2D eigenvalue weighted by Crippen LogP contribution is -2.21. The number of ether oxygens (including phenoxy) is 1. The van der Waals surface area contributed by atoms with Gasteiger partial charge in [-0.2, -0.15) is 11.1 Å². The Labute approximate surface area is 112 Å². The Morgan fingerprint density at radius 2 is 2.06 bits per heavy atom. The van der Waals surface area contributed by atoms with Crippen molar-refractivity contribution in [3.63, 3.8) is 0 Å². The molecule has 0 N–H and O–H groups in total. The van der Waals surface area contributed by atoms with Gasteiger partial charge in [0.2, 0.25) is 0 Å². The van der Waals surface area contributed by atoms with E-state index in [0.29, 0.717) is 18.3 Å². The van der Waals surface area contributed by atoms with Crippen molar-refractivity contribution in [1.29, 1.82) is 0 Å². The van der Waals surface area contributed by atoms with Crippen LogP contribution in [-0.2, 0) is 0 Å². The third kappa shape index (κ3) is 3.87. The molecule has 1 saturated heterocycles. The molecule has 1 heterocycles. The van der Waals surface area contributed by atoms with Gasteiger partial charge in [0.15, 0.2) is 8.11 Å². The lowest BCUT2D eigenvalue weighted by atomic mass is 10.0. The van der Waals surface area contributed by atoms with Crippen molar-refractivity contribution in [1.82, 2.24) is 0 Å². The molecule has 0 spiro atoms. The van der Waals surface area contributed by atoms with Crippen LogP contribution >= 0.6 is 22.7 Å². The molecule has 0 saturated carbocycles. The number of benzene rings is 1. The molecule has 1 nitrogen and oxygen atoms in total. The first kappa shape index (κ1) is 13.2. The van der Waals surface area contributed by atoms with Crippen LogP contribution in [-0.4, -0.2) is 14.7 Å². The highest BCUT2D eigenvalue weighted by atomic mass is 35.6. The molecule has 2 rings (SSSR count). The third-order valence-corrected chi connectivity index (χ3v) is 6.13. The normalized spacial score (nSPS) is 18.3. The van der Waals surface area contributed by atoms with E-state index in [9.17, 15) is 4.39 Å². The van der Waals surface area contributed by atoms with Gasteiger partial charge in [-0.1, -0.05) is 11.6 Å². The number of hydrogen-bond donors (Lipinski definition) is 0. The van der Waals surface area contributed by atoms with Gasteiger partial charge in [0, 0.05) is 6.07 Å². The fraction of sp³-hybridized carbons (Fsp3) is 0.500. The van der Waals surface area contributed by atoms with Crippen LogP contribution in [0.25, 0.3) is 0 Å². The summed E-state index contributed by atoms with van der Waals surface area (Å²) in [7, 11) is -0.580. The van der Waals surface area contributed by atoms with Gasteiger partial charge in [0.05, 0.1) is 11.6 Å². The van der Waals surface area contributed by atoms with Crippen molar-refractivity contribution in [2.75, 3.05) is 6.61 Å². The molecule has 0 unspecified atom stereocenters. The van der Waals surface area contributed by atoms with Crippen molar-refractivity contribution in [2.24, 2.45) is 5.92 Å². The zero-order valence-corrected chi connectivity index (χ0v) is 11.9. The smallest absolute Gasteiger partial charge is 0.165 e. The van der Waals surface area contributed by atoms with Gasteiger partial charge >= 0.3 is 0 Å². The molecule has 1 aliphatic heterocycles. The van der Waals surface area contributed by atoms with E-state index < -0.39 is 13.9 Å². The van der Waals surface area contributed by atoms with Gasteiger partial charge in [-0.05, 0) is 43.0 Å². The molecule has 5 heteroatoms. The van der Waals surface area contributed by atoms with Gasteiger partial charge in [0.25, 0.3) is 0 Å². The van der Waals surface area contributed by atoms with E-state index in [4.69, 9.17) is 27.4 Å². The summed E-state index contributed by atoms with van der Waals surface area (Å²) in [6.45, 7) is 0.646. The maximum atomic E-state index is 13.2. The van der Waals surface area contributed by atoms with E-state index in [1.54, 1.807) is 6.07 Å². The summed E-state index contributed by atoms with van der Waals surface area (Å²) in [5, 5.41) is 0.129. The predicted octanol–water partition coefficient (Wildman–Crippen LogP) is 4.50. The number of hydrogen-bond acceptors (Lipinski definition) is 1. The van der Waals surface area contributed by atoms with Crippen LogP contribution in [0.4, 0.5) is 4.39 Å². The molecule has 0 bridgehead atoms. The van der Waals surface area contributed by atoms with Crippen LogP contribution < -0.4 is 4.74 Å². The minimum absolute atomic E-state index is 0.129. The van der Waals surface area contributed by atoms with Crippen molar-refractivity contribution in [3.05, 3.63) is 29.0 Å². The SMILES string of the molecule is Fc1cc(OCC2CC[Si](Cl)CC2)ccc1Cl. The van der Waals surface area contributed by atoms with Crippen LogP contribution in [0.15, 0.2) is 18.2 Å². The molecule has 0 amide bonds. The Morgan fingerprint density at radius 3 is 2.71 bits per heavy atom. The van der Waals surface area contributed by atoms with Gasteiger partial charge in [-0.3, -0.25) is 0 Å². The van der Waals surface area contributed by atoms with Gasteiger partial charge in [-0.15, -0.1) is 0 Å². The average molecular weight is 292 g/mol. The average Bonchev–Trinajstić information content (AvgIpc) is 2.33. The maximum absolute atomic E-state index is 13.2. The molecule has 0 aromatic heterocycles. The lowest BCUT2D eigenvalue weighted by molar-refractivity contribution is 0.236. The zero-order valence-electron chi connectivity index (χ0n) is 9.39. The zero-order chi connectivity index (χ0) is 12.3. The Morgan fingerprint density at radius 1 is 1.35 bits per heavy atom. The Hall–Kier alpha value is -0.253. The first-order valence-electron chi connectivity index (χ1n) is 5.73. The van der Waals surface area contributed by atoms with Crippen LogP contribution in [0.2, 0.25) is 17.1 Å². The third-order valence-electron chi connectivity index (χ3n) is 3.02. The van der Waals surface area contributed by atoms with Crippen LogP contribution in [0.3, 0.4) is 0 Å². The Bertz CT molecular complexity index is 381. The van der Waals surface area contributed by atoms with Crippen molar-refractivity contribution in [3.8, 4) is 5.75 Å². The summed E-state index contributed by atoms with van der Waals surface area (Å²) >= 11 is 11.7. The molecular weight excluding hydrogens is 278 g/mol. The van der Waals surface area contributed by atoms with E-state index in [1.807, 2.05) is 0 Å². The van der Waals surface area contributed by atoms with Crippen LogP contribution in [0.5, 0.6) is 5.75 Å². The number of halogens is 3. The van der Waals surface area contributed by atoms with E-state index in [1.165, 1.54) is 12.1 Å². The Balaban J connectivity index is 1.83. The highest BCUT2D eigenvalue weighted by Gasteiger charge is 2.21. The molecule has 17 heavy (non-hydrogen) atoms. The Kier molecular flexibility index (Phi) is 4.71. The van der Waals surface area contributed by atoms with E-state index in [0.717, 1.165) is 24.9 Å². The maximum Gasteiger partial charge on any atom is 0.165 e. The van der Waals surface area contributed by atoms with Gasteiger partial charge in [-0.25, -0.2) is 4.39 Å². The standard InChI is InChI=1S/C12H14Cl2FOSi/c13-11-2-1-10(7-12(11)15)16-8-9-3-5-17(14)6-4-9/h1-2,7,9H,3-6,8H2. The summed E-state index contributed by atoms with van der Waals surface area (Å²) in [6.07, 6.45) is 2.27. The second kappa shape index (κ2) is 6.07. The van der Waals surface area contributed by atoms with Crippen LogP contribution in [0, 0.1) is 11.7 Å². The monoisotopic (exact) mass is 291 g/mol. The van der Waals surface area contributed by atoms with Gasteiger partial charge < -0.3 is 4.74 Å². The molecule has 1 fully saturated rings. The second-order valence-corrected chi connectivity index (χ2v) is 8.39. The first-order valence-corrected chi connectivity index (χ1v) is 9.03. The molecule has 1 aromatic carbocycles. The number of rotatable bonds is 3. The molecular formula is C12H14Cl2FOSi. The fourth-order valence-electron chi connectivity index (χ4n) is 1.94. The first-order chi connectivity index (χ1) is 8.15. The quantitative estimate of drug-likeness (QED) is 0.589.